The van der Waals surface area contributed by atoms with Gasteiger partial charge in [0.25, 0.3) is 0 Å². The Morgan fingerprint density at radius 1 is 1.23 bits per heavy atom. The number of nitrogen functional groups attached to an aromatic ring is 1. The summed E-state index contributed by atoms with van der Waals surface area (Å²) in [7, 11) is 0. The number of nitrogens with zero attached hydrogens (tertiary/aromatic N) is 4. The highest BCUT2D eigenvalue weighted by Crippen LogP contribution is 2.28. The molecule has 0 spiro atoms. The number of benzene rings is 2. The maximum absolute atomic E-state index is 12.7. The van der Waals surface area contributed by atoms with E-state index in [-0.39, 0.29) is 18.0 Å². The third-order valence-electron chi connectivity index (χ3n) is 5.39. The van der Waals surface area contributed by atoms with Crippen LogP contribution in [0.2, 0.25) is 10.0 Å². The van der Waals surface area contributed by atoms with E-state index in [0.29, 0.717) is 34.5 Å². The van der Waals surface area contributed by atoms with Crippen LogP contribution in [-0.4, -0.2) is 43.7 Å². The van der Waals surface area contributed by atoms with Gasteiger partial charge in [0.2, 0.25) is 5.91 Å². The van der Waals surface area contributed by atoms with Crippen LogP contribution in [0.4, 0.5) is 11.5 Å². The van der Waals surface area contributed by atoms with Crippen LogP contribution in [0.15, 0.2) is 42.6 Å². The number of nitrogens with two attached hydrogens (primary N) is 1. The smallest absolute Gasteiger partial charge is 0.241 e. The fourth-order valence-corrected chi connectivity index (χ4v) is 4.17. The number of halogens is 2. The van der Waals surface area contributed by atoms with Gasteiger partial charge in [0, 0.05) is 22.5 Å². The Bertz CT molecular complexity index is 1280. The molecular formula is C20H18Cl2N8O. The normalized spacial score (nSPS) is 18.5. The molecular weight excluding hydrogens is 439 g/mol. The first-order valence-electron chi connectivity index (χ1n) is 9.63. The summed E-state index contributed by atoms with van der Waals surface area (Å²) in [4.78, 5) is 12.7. The van der Waals surface area contributed by atoms with E-state index in [4.69, 9.17) is 28.9 Å². The van der Waals surface area contributed by atoms with Gasteiger partial charge in [-0.25, -0.2) is 4.68 Å². The third-order valence-corrected chi connectivity index (χ3v) is 5.93. The second kappa shape index (κ2) is 7.84. The van der Waals surface area contributed by atoms with Gasteiger partial charge in [-0.05, 0) is 36.8 Å². The number of carbonyl (C=O) groups excluding carboxylic acids is 1. The number of aromatic amines is 1. The summed E-state index contributed by atoms with van der Waals surface area (Å²) in [6.45, 7) is 0.603. The number of rotatable bonds is 4. The topological polar surface area (TPSA) is 127 Å². The highest BCUT2D eigenvalue weighted by Gasteiger charge is 2.31. The van der Waals surface area contributed by atoms with Crippen LogP contribution in [0.5, 0.6) is 0 Å². The molecule has 1 aliphatic heterocycles. The highest BCUT2D eigenvalue weighted by atomic mass is 35.5. The molecule has 9 nitrogen and oxygen atoms in total. The molecule has 5 N–H and O–H groups in total. The molecule has 2 aromatic carbocycles. The largest absolute Gasteiger partial charge is 0.382 e. The van der Waals surface area contributed by atoms with Crippen molar-refractivity contribution in [2.24, 2.45) is 0 Å². The van der Waals surface area contributed by atoms with Gasteiger partial charge in [-0.15, -0.1) is 5.10 Å². The Kier molecular flexibility index (Phi) is 5.01. The van der Waals surface area contributed by atoms with Crippen LogP contribution in [0.3, 0.4) is 0 Å². The lowest BCUT2D eigenvalue weighted by atomic mass is 10.1. The zero-order valence-electron chi connectivity index (χ0n) is 16.1. The maximum Gasteiger partial charge on any atom is 0.241 e. The zero-order chi connectivity index (χ0) is 21.5. The average Bonchev–Trinajstić information content (AvgIpc) is 3.49. The molecule has 2 aromatic heterocycles. The summed E-state index contributed by atoms with van der Waals surface area (Å²) in [6, 6.07) is 10.4. The van der Waals surface area contributed by atoms with Crippen molar-refractivity contribution in [1.82, 2.24) is 30.5 Å². The van der Waals surface area contributed by atoms with Gasteiger partial charge in [0.1, 0.15) is 5.69 Å². The summed E-state index contributed by atoms with van der Waals surface area (Å²) >= 11 is 12.1. The Morgan fingerprint density at radius 2 is 2.10 bits per heavy atom. The van der Waals surface area contributed by atoms with Gasteiger partial charge in [0.05, 0.1) is 34.5 Å². The van der Waals surface area contributed by atoms with Gasteiger partial charge >= 0.3 is 0 Å². The molecule has 4 aromatic rings. The molecule has 31 heavy (non-hydrogen) atoms. The van der Waals surface area contributed by atoms with Gasteiger partial charge in [-0.3, -0.25) is 9.89 Å². The second-order valence-electron chi connectivity index (χ2n) is 7.42. The van der Waals surface area contributed by atoms with Crippen molar-refractivity contribution >= 4 is 51.5 Å². The number of anilines is 2. The number of hydrogen-bond acceptors (Lipinski definition) is 6. The predicted octanol–water partition coefficient (Wildman–Crippen LogP) is 3.25. The summed E-state index contributed by atoms with van der Waals surface area (Å²) in [5.41, 5.74) is 8.83. The number of nitrogens with one attached hydrogen (secondary N) is 3. The lowest BCUT2D eigenvalue weighted by Gasteiger charge is -2.12. The fourth-order valence-electron chi connectivity index (χ4n) is 3.72. The lowest BCUT2D eigenvalue weighted by molar-refractivity contribution is -0.117. The van der Waals surface area contributed by atoms with Crippen molar-refractivity contribution in [3.8, 4) is 11.3 Å². The third kappa shape index (κ3) is 3.83. The van der Waals surface area contributed by atoms with Crippen molar-refractivity contribution in [2.45, 2.75) is 18.5 Å². The fraction of sp³-hybridized carbons (Fsp3) is 0.200. The van der Waals surface area contributed by atoms with Crippen molar-refractivity contribution in [1.29, 1.82) is 0 Å². The summed E-state index contributed by atoms with van der Waals surface area (Å²) < 4.78 is 1.79. The van der Waals surface area contributed by atoms with Crippen LogP contribution in [0.1, 0.15) is 12.5 Å². The second-order valence-corrected chi connectivity index (χ2v) is 8.26. The van der Waals surface area contributed by atoms with E-state index in [1.54, 1.807) is 22.9 Å². The minimum atomic E-state index is -0.367. The molecule has 158 valence electrons. The van der Waals surface area contributed by atoms with E-state index in [9.17, 15) is 4.79 Å². The molecule has 2 atom stereocenters. The number of fused-ring (bicyclic) bond motifs is 1. The number of hydrogen-bond donors (Lipinski definition) is 4. The number of amides is 1. The quantitative estimate of drug-likeness (QED) is 0.373. The van der Waals surface area contributed by atoms with Crippen molar-refractivity contribution in [2.75, 3.05) is 17.6 Å². The van der Waals surface area contributed by atoms with Crippen molar-refractivity contribution in [3.63, 3.8) is 0 Å². The first-order valence-corrected chi connectivity index (χ1v) is 10.4. The zero-order valence-corrected chi connectivity index (χ0v) is 17.7. The minimum Gasteiger partial charge on any atom is -0.382 e. The molecule has 11 heteroatoms. The predicted molar refractivity (Wildman–Crippen MR) is 120 cm³/mol. The van der Waals surface area contributed by atoms with Crippen LogP contribution in [0.25, 0.3) is 22.2 Å². The molecule has 1 amide bonds. The Hall–Kier alpha value is -3.14. The van der Waals surface area contributed by atoms with E-state index in [0.717, 1.165) is 22.2 Å². The molecule has 5 rings (SSSR count). The van der Waals surface area contributed by atoms with Gasteiger partial charge < -0.3 is 16.4 Å². The molecule has 0 aliphatic carbocycles. The standard InChI is InChI=1S/C20H18Cl2N8O/c21-11-2-4-15(14(22)6-11)25-20(31)17-7-12(8-24-17)30-9-18(27-29-30)10-1-3-13-16(5-10)26-28-19(13)23/h1-6,9,12,17,24H,7-8H2,(H,25,31)(H3,23,26,28). The molecule has 3 heterocycles. The van der Waals surface area contributed by atoms with Crippen LogP contribution in [-0.2, 0) is 4.79 Å². The number of H-pyrrole nitrogens is 1. The minimum absolute atomic E-state index is 0.00391. The van der Waals surface area contributed by atoms with Crippen LogP contribution >= 0.6 is 23.2 Å². The first-order chi connectivity index (χ1) is 15.0. The molecule has 0 bridgehead atoms. The van der Waals surface area contributed by atoms with E-state index in [1.165, 1.54) is 0 Å². The number of carbonyl (C=O) groups is 1. The van der Waals surface area contributed by atoms with Crippen LogP contribution in [0, 0.1) is 0 Å². The number of aromatic nitrogens is 5. The maximum atomic E-state index is 12.7. The molecule has 0 radical (unpaired) electrons. The molecule has 1 saturated heterocycles. The molecule has 2 unspecified atom stereocenters. The molecule has 1 fully saturated rings. The summed E-state index contributed by atoms with van der Waals surface area (Å²) in [6.07, 6.45) is 2.46. The monoisotopic (exact) mass is 456 g/mol. The van der Waals surface area contributed by atoms with E-state index in [2.05, 4.69) is 31.1 Å². The summed E-state index contributed by atoms with van der Waals surface area (Å²) in [5, 5.41) is 23.3. The SMILES string of the molecule is Nc1n[nH]c2cc(-c3cn(C4CNC(C(=O)Nc5ccc(Cl)cc5Cl)C4)nn3)ccc12. The highest BCUT2D eigenvalue weighted by molar-refractivity contribution is 6.36. The lowest BCUT2D eigenvalue weighted by Crippen LogP contribution is -2.35. The average molecular weight is 457 g/mol. The van der Waals surface area contributed by atoms with E-state index >= 15 is 0 Å². The van der Waals surface area contributed by atoms with Crippen molar-refractivity contribution in [3.05, 3.63) is 52.6 Å². The first kappa shape index (κ1) is 19.8. The van der Waals surface area contributed by atoms with Gasteiger partial charge in [-0.1, -0.05) is 34.5 Å². The van der Waals surface area contributed by atoms with E-state index in [1.807, 2.05) is 24.4 Å². The molecule has 1 aliphatic rings. The molecule has 0 saturated carbocycles. The van der Waals surface area contributed by atoms with E-state index < -0.39 is 0 Å². The van der Waals surface area contributed by atoms with Crippen LogP contribution < -0.4 is 16.4 Å². The van der Waals surface area contributed by atoms with Gasteiger partial charge in [-0.2, -0.15) is 5.10 Å². The Labute approximate surface area is 186 Å². The van der Waals surface area contributed by atoms with Crippen molar-refractivity contribution < 1.29 is 4.79 Å². The van der Waals surface area contributed by atoms with Gasteiger partial charge in [0.15, 0.2) is 5.82 Å². The summed E-state index contributed by atoms with van der Waals surface area (Å²) in [5.74, 6) is 0.306. The Balaban J connectivity index is 1.27. The Morgan fingerprint density at radius 3 is 2.94 bits per heavy atom.